The quantitative estimate of drug-likeness (QED) is 0.815. The first-order chi connectivity index (χ1) is 12.0. The van der Waals surface area contributed by atoms with Crippen LogP contribution in [0.3, 0.4) is 0 Å². The van der Waals surface area contributed by atoms with Gasteiger partial charge in [-0.2, -0.15) is 0 Å². The van der Waals surface area contributed by atoms with Gasteiger partial charge >= 0.3 is 0 Å². The van der Waals surface area contributed by atoms with Crippen LogP contribution in [0.2, 0.25) is 0 Å². The van der Waals surface area contributed by atoms with Gasteiger partial charge in [-0.05, 0) is 53.6 Å². The van der Waals surface area contributed by atoms with Gasteiger partial charge in [0, 0.05) is 12.1 Å². The summed E-state index contributed by atoms with van der Waals surface area (Å²) in [6.45, 7) is 8.18. The van der Waals surface area contributed by atoms with Crippen LogP contribution < -0.4 is 10.5 Å². The van der Waals surface area contributed by atoms with Crippen LogP contribution in [-0.4, -0.2) is 20.9 Å². The summed E-state index contributed by atoms with van der Waals surface area (Å²) in [6.07, 6.45) is 0.471. The van der Waals surface area contributed by atoms with Crippen LogP contribution in [0.1, 0.15) is 47.8 Å². The number of primary amides is 1. The lowest BCUT2D eigenvalue weighted by Gasteiger charge is -2.21. The van der Waals surface area contributed by atoms with E-state index in [9.17, 15) is 13.2 Å². The average Bonchev–Trinajstić information content (AvgIpc) is 2.54. The molecule has 2 aromatic rings. The predicted molar refractivity (Wildman–Crippen MR) is 104 cm³/mol. The van der Waals surface area contributed by atoms with Crippen molar-refractivity contribution in [1.29, 1.82) is 0 Å². The number of hydrogen-bond acceptors (Lipinski definition) is 3. The normalized spacial score (nSPS) is 12.2. The molecular formula is C20H26N2O3S. The van der Waals surface area contributed by atoms with Crippen LogP contribution in [0.15, 0.2) is 47.4 Å². The minimum Gasteiger partial charge on any atom is -0.366 e. The molecule has 26 heavy (non-hydrogen) atoms. The first-order valence-electron chi connectivity index (χ1n) is 8.50. The molecule has 0 bridgehead atoms. The molecule has 3 N–H and O–H groups in total. The molecule has 0 aliphatic carbocycles. The zero-order valence-electron chi connectivity index (χ0n) is 15.7. The Hall–Kier alpha value is -2.18. The Balaban J connectivity index is 2.14. The molecule has 5 nitrogen and oxygen atoms in total. The van der Waals surface area contributed by atoms with Gasteiger partial charge in [0.15, 0.2) is 0 Å². The van der Waals surface area contributed by atoms with E-state index in [1.54, 1.807) is 31.2 Å². The Morgan fingerprint density at radius 2 is 1.81 bits per heavy atom. The summed E-state index contributed by atoms with van der Waals surface area (Å²) in [6, 6.07) is 12.4. The maximum atomic E-state index is 12.7. The van der Waals surface area contributed by atoms with Crippen molar-refractivity contribution in [3.63, 3.8) is 0 Å². The van der Waals surface area contributed by atoms with E-state index < -0.39 is 15.9 Å². The van der Waals surface area contributed by atoms with E-state index in [1.807, 2.05) is 39.0 Å². The summed E-state index contributed by atoms with van der Waals surface area (Å²) in [5.74, 6) is -0.498. The Labute approximate surface area is 155 Å². The standard InChI is InChI=1S/C20H26N2O3S/c1-14-8-9-17(20(2,3)4)13-18(14)26(24,25)22-11-10-15-6-5-7-16(12-15)19(21)23/h5-9,12-13,22H,10-11H2,1-4H3,(H2,21,23). The SMILES string of the molecule is Cc1ccc(C(C)(C)C)cc1S(=O)(=O)NCCc1cccc(C(N)=O)c1. The molecule has 0 heterocycles. The first kappa shape index (κ1) is 20.1. The fraction of sp³-hybridized carbons (Fsp3) is 0.350. The molecule has 2 aromatic carbocycles. The predicted octanol–water partition coefficient (Wildman–Crippen LogP) is 2.91. The van der Waals surface area contributed by atoms with Crippen LogP contribution in [-0.2, 0) is 21.9 Å². The number of benzene rings is 2. The molecule has 0 atom stereocenters. The molecule has 0 saturated carbocycles. The van der Waals surface area contributed by atoms with Crippen molar-refractivity contribution >= 4 is 15.9 Å². The molecule has 1 amide bonds. The molecule has 0 aliphatic heterocycles. The number of carbonyl (C=O) groups excluding carboxylic acids is 1. The number of sulfonamides is 1. The van der Waals surface area contributed by atoms with E-state index >= 15 is 0 Å². The number of nitrogens with one attached hydrogen (secondary N) is 1. The molecule has 0 fully saturated rings. The summed E-state index contributed by atoms with van der Waals surface area (Å²) in [4.78, 5) is 11.5. The summed E-state index contributed by atoms with van der Waals surface area (Å²) >= 11 is 0. The van der Waals surface area contributed by atoms with Gasteiger partial charge in [0.25, 0.3) is 0 Å². The molecule has 0 aromatic heterocycles. The smallest absolute Gasteiger partial charge is 0.248 e. The fourth-order valence-corrected chi connectivity index (χ4v) is 3.94. The van der Waals surface area contributed by atoms with Crippen molar-refractivity contribution < 1.29 is 13.2 Å². The number of hydrogen-bond donors (Lipinski definition) is 2. The van der Waals surface area contributed by atoms with Crippen molar-refractivity contribution in [3.8, 4) is 0 Å². The summed E-state index contributed by atoms with van der Waals surface area (Å²) < 4.78 is 28.1. The van der Waals surface area contributed by atoms with E-state index in [0.29, 0.717) is 22.4 Å². The molecule has 140 valence electrons. The minimum absolute atomic E-state index is 0.132. The second kappa shape index (κ2) is 7.60. The van der Waals surface area contributed by atoms with Gasteiger partial charge in [-0.15, -0.1) is 0 Å². The topological polar surface area (TPSA) is 89.3 Å². The second-order valence-electron chi connectivity index (χ2n) is 7.44. The molecule has 6 heteroatoms. The summed E-state index contributed by atoms with van der Waals surface area (Å²) in [7, 11) is -3.61. The number of carbonyl (C=O) groups is 1. The highest BCUT2D eigenvalue weighted by atomic mass is 32.2. The molecule has 0 radical (unpaired) electrons. The Morgan fingerprint density at radius 3 is 2.42 bits per heavy atom. The maximum absolute atomic E-state index is 12.7. The van der Waals surface area contributed by atoms with E-state index in [0.717, 1.165) is 11.1 Å². The molecule has 0 saturated heterocycles. The zero-order valence-corrected chi connectivity index (χ0v) is 16.5. The fourth-order valence-electron chi connectivity index (χ4n) is 2.64. The van der Waals surface area contributed by atoms with Crippen LogP contribution in [0.5, 0.6) is 0 Å². The first-order valence-corrected chi connectivity index (χ1v) is 9.98. The van der Waals surface area contributed by atoms with Crippen molar-refractivity contribution in [2.45, 2.75) is 44.4 Å². The van der Waals surface area contributed by atoms with Gasteiger partial charge in [0.05, 0.1) is 4.90 Å². The van der Waals surface area contributed by atoms with E-state index in [2.05, 4.69) is 4.72 Å². The highest BCUT2D eigenvalue weighted by molar-refractivity contribution is 7.89. The number of amides is 1. The van der Waals surface area contributed by atoms with Gasteiger partial charge in [0.2, 0.25) is 15.9 Å². The lowest BCUT2D eigenvalue weighted by atomic mass is 9.87. The third-order valence-electron chi connectivity index (χ3n) is 4.26. The molecular weight excluding hydrogens is 348 g/mol. The Bertz CT molecular complexity index is 913. The van der Waals surface area contributed by atoms with E-state index in [4.69, 9.17) is 5.73 Å². The Morgan fingerprint density at radius 1 is 1.12 bits per heavy atom. The van der Waals surface area contributed by atoms with Crippen molar-refractivity contribution in [3.05, 3.63) is 64.7 Å². The van der Waals surface area contributed by atoms with Crippen LogP contribution in [0, 0.1) is 6.92 Å². The average molecular weight is 375 g/mol. The van der Waals surface area contributed by atoms with E-state index in [-0.39, 0.29) is 12.0 Å². The van der Waals surface area contributed by atoms with Gasteiger partial charge in [-0.1, -0.05) is 45.0 Å². The number of aryl methyl sites for hydroxylation is 1. The van der Waals surface area contributed by atoms with Crippen LogP contribution in [0.4, 0.5) is 0 Å². The number of nitrogens with two attached hydrogens (primary N) is 1. The summed E-state index contributed by atoms with van der Waals surface area (Å²) in [5, 5.41) is 0. The second-order valence-corrected chi connectivity index (χ2v) is 9.18. The van der Waals surface area contributed by atoms with Crippen LogP contribution in [0.25, 0.3) is 0 Å². The maximum Gasteiger partial charge on any atom is 0.248 e. The number of rotatable bonds is 6. The van der Waals surface area contributed by atoms with E-state index in [1.165, 1.54) is 0 Å². The van der Waals surface area contributed by atoms with Crippen molar-refractivity contribution in [1.82, 2.24) is 4.72 Å². The molecule has 0 aliphatic rings. The molecule has 2 rings (SSSR count). The van der Waals surface area contributed by atoms with Gasteiger partial charge in [-0.3, -0.25) is 4.79 Å². The van der Waals surface area contributed by atoms with Gasteiger partial charge in [-0.25, -0.2) is 13.1 Å². The lowest BCUT2D eigenvalue weighted by Crippen LogP contribution is -2.27. The largest absolute Gasteiger partial charge is 0.366 e. The highest BCUT2D eigenvalue weighted by Crippen LogP contribution is 2.26. The zero-order chi connectivity index (χ0) is 19.5. The lowest BCUT2D eigenvalue weighted by molar-refractivity contribution is 0.1000. The van der Waals surface area contributed by atoms with Gasteiger partial charge in [0.1, 0.15) is 0 Å². The molecule has 0 spiro atoms. The van der Waals surface area contributed by atoms with Crippen molar-refractivity contribution in [2.75, 3.05) is 6.54 Å². The monoisotopic (exact) mass is 374 g/mol. The third kappa shape index (κ3) is 4.93. The Kier molecular flexibility index (Phi) is 5.88. The molecule has 0 unspecified atom stereocenters. The van der Waals surface area contributed by atoms with Crippen LogP contribution >= 0.6 is 0 Å². The third-order valence-corrected chi connectivity index (χ3v) is 5.86. The summed E-state index contributed by atoms with van der Waals surface area (Å²) in [5.41, 5.74) is 8.09. The van der Waals surface area contributed by atoms with Crippen molar-refractivity contribution in [2.24, 2.45) is 5.73 Å². The van der Waals surface area contributed by atoms with Gasteiger partial charge < -0.3 is 5.73 Å². The highest BCUT2D eigenvalue weighted by Gasteiger charge is 2.21. The minimum atomic E-state index is -3.61.